The SMILES string of the molecule is B[NH+]([O-])c1cc(C/N=C\SC=C)ccc1C. The molecule has 1 aromatic rings. The van der Waals surface area contributed by atoms with Crippen molar-refractivity contribution in [1.29, 1.82) is 0 Å². The molecule has 0 amide bonds. The minimum absolute atomic E-state index is 0.101. The topological polar surface area (TPSA) is 39.9 Å². The lowest BCUT2D eigenvalue weighted by Gasteiger charge is -2.19. The van der Waals surface area contributed by atoms with E-state index in [1.165, 1.54) is 11.8 Å². The zero-order valence-electron chi connectivity index (χ0n) is 9.56. The molecule has 0 aliphatic rings. The summed E-state index contributed by atoms with van der Waals surface area (Å²) in [6.45, 7) is 6.12. The summed E-state index contributed by atoms with van der Waals surface area (Å²) in [4.78, 5) is 4.32. The van der Waals surface area contributed by atoms with Crippen LogP contribution in [0.4, 0.5) is 5.69 Å². The summed E-state index contributed by atoms with van der Waals surface area (Å²) in [6, 6.07) is 5.87. The van der Waals surface area contributed by atoms with Crippen molar-refractivity contribution in [3.8, 4) is 0 Å². The lowest BCUT2D eigenvalue weighted by Crippen LogP contribution is -3.00. The highest BCUT2D eigenvalue weighted by molar-refractivity contribution is 8.14. The number of aryl methyl sites for hydroxylation is 1. The second-order valence-electron chi connectivity index (χ2n) is 3.45. The molecule has 0 radical (unpaired) electrons. The van der Waals surface area contributed by atoms with Gasteiger partial charge in [0.1, 0.15) is 5.69 Å². The van der Waals surface area contributed by atoms with Crippen LogP contribution in [0.2, 0.25) is 0 Å². The van der Waals surface area contributed by atoms with Crippen molar-refractivity contribution in [2.24, 2.45) is 4.99 Å². The molecule has 3 nitrogen and oxygen atoms in total. The molecule has 0 bridgehead atoms. The fourth-order valence-electron chi connectivity index (χ4n) is 1.38. The van der Waals surface area contributed by atoms with Crippen molar-refractivity contribution in [1.82, 2.24) is 0 Å². The minimum atomic E-state index is 0.101. The van der Waals surface area contributed by atoms with Crippen LogP contribution < -0.4 is 4.97 Å². The molecule has 0 aliphatic carbocycles. The van der Waals surface area contributed by atoms with Gasteiger partial charge in [0.2, 0.25) is 0 Å². The van der Waals surface area contributed by atoms with Gasteiger partial charge in [0.05, 0.1) is 12.1 Å². The third-order valence-corrected chi connectivity index (χ3v) is 2.65. The molecule has 0 heterocycles. The van der Waals surface area contributed by atoms with Gasteiger partial charge >= 0.3 is 7.98 Å². The van der Waals surface area contributed by atoms with Crippen LogP contribution >= 0.6 is 11.8 Å². The number of rotatable bonds is 5. The molecule has 0 spiro atoms. The van der Waals surface area contributed by atoms with Gasteiger partial charge in [0.25, 0.3) is 0 Å². The first-order valence-corrected chi connectivity index (χ1v) is 5.94. The van der Waals surface area contributed by atoms with Crippen LogP contribution in [-0.2, 0) is 6.54 Å². The van der Waals surface area contributed by atoms with Gasteiger partial charge in [-0.05, 0) is 17.9 Å². The average molecular weight is 234 g/mol. The van der Waals surface area contributed by atoms with E-state index in [4.69, 9.17) is 0 Å². The summed E-state index contributed by atoms with van der Waals surface area (Å²) in [6.07, 6.45) is 0. The van der Waals surface area contributed by atoms with Gasteiger partial charge in [-0.2, -0.15) is 0 Å². The first kappa shape index (κ1) is 13.0. The highest BCUT2D eigenvalue weighted by Gasteiger charge is 2.03. The molecule has 5 heteroatoms. The average Bonchev–Trinajstić information content (AvgIpc) is 2.26. The summed E-state index contributed by atoms with van der Waals surface area (Å²) in [5.74, 6) is 0. The fourth-order valence-corrected chi connectivity index (χ4v) is 1.62. The van der Waals surface area contributed by atoms with Crippen LogP contribution in [0.3, 0.4) is 0 Å². The minimum Gasteiger partial charge on any atom is -0.653 e. The maximum Gasteiger partial charge on any atom is 0.376 e. The molecule has 1 N–H and O–H groups in total. The molecule has 0 saturated heterocycles. The van der Waals surface area contributed by atoms with Crippen molar-refractivity contribution in [3.05, 3.63) is 46.5 Å². The number of aliphatic imine (C=N–C) groups is 1. The van der Waals surface area contributed by atoms with E-state index < -0.39 is 0 Å². The van der Waals surface area contributed by atoms with E-state index in [1.807, 2.05) is 25.1 Å². The fraction of sp³-hybridized carbons (Fsp3) is 0.182. The van der Waals surface area contributed by atoms with E-state index in [9.17, 15) is 5.21 Å². The number of hydrogen-bond acceptors (Lipinski definition) is 3. The summed E-state index contributed by atoms with van der Waals surface area (Å²) in [7, 11) is 1.59. The van der Waals surface area contributed by atoms with Crippen molar-refractivity contribution >= 4 is 31.0 Å². The molecule has 84 valence electrons. The first-order chi connectivity index (χ1) is 7.65. The van der Waals surface area contributed by atoms with Gasteiger partial charge in [0, 0.05) is 11.6 Å². The molecule has 1 unspecified atom stereocenters. The second-order valence-corrected chi connectivity index (χ2v) is 4.27. The Morgan fingerprint density at radius 1 is 1.62 bits per heavy atom. The van der Waals surface area contributed by atoms with Gasteiger partial charge < -0.3 is 10.2 Å². The number of hydrogen-bond donors (Lipinski definition) is 1. The Bertz CT molecular complexity index is 394. The van der Waals surface area contributed by atoms with E-state index in [0.717, 1.165) is 16.8 Å². The Morgan fingerprint density at radius 2 is 2.38 bits per heavy atom. The van der Waals surface area contributed by atoms with Gasteiger partial charge in [-0.1, -0.05) is 30.5 Å². The van der Waals surface area contributed by atoms with Crippen molar-refractivity contribution in [2.75, 3.05) is 0 Å². The van der Waals surface area contributed by atoms with Crippen LogP contribution in [-0.4, -0.2) is 13.5 Å². The third kappa shape index (κ3) is 3.85. The van der Waals surface area contributed by atoms with E-state index >= 15 is 0 Å². The molecular weight excluding hydrogens is 219 g/mol. The Hall–Kier alpha value is -1.04. The third-order valence-electron chi connectivity index (χ3n) is 2.19. The highest BCUT2D eigenvalue weighted by atomic mass is 32.2. The van der Waals surface area contributed by atoms with Crippen LogP contribution in [0.1, 0.15) is 11.1 Å². The summed E-state index contributed by atoms with van der Waals surface area (Å²) >= 11 is 1.45. The highest BCUT2D eigenvalue weighted by Crippen LogP contribution is 2.13. The predicted molar refractivity (Wildman–Crippen MR) is 73.7 cm³/mol. The van der Waals surface area contributed by atoms with E-state index in [0.29, 0.717) is 6.54 Å². The van der Waals surface area contributed by atoms with Crippen LogP contribution in [0.25, 0.3) is 0 Å². The van der Waals surface area contributed by atoms with E-state index in [1.54, 1.807) is 18.9 Å². The molecule has 1 atom stereocenters. The standard InChI is InChI=1S/C11H15BN2OS/c1-3-16-8-13-7-10-5-4-9(2)11(6-10)14(12)15/h3-6,8,14H,1,7,12H2,2H3/b13-8-. The largest absolute Gasteiger partial charge is 0.653 e. The monoisotopic (exact) mass is 234 g/mol. The van der Waals surface area contributed by atoms with Gasteiger partial charge in [0.15, 0.2) is 0 Å². The summed E-state index contributed by atoms with van der Waals surface area (Å²) in [5, 5.41) is 13.1. The predicted octanol–water partition coefficient (Wildman–Crippen LogP) is 0.962. The summed E-state index contributed by atoms with van der Waals surface area (Å²) < 4.78 is 0. The second kappa shape index (κ2) is 6.53. The van der Waals surface area contributed by atoms with Crippen LogP contribution in [0.5, 0.6) is 0 Å². The summed E-state index contributed by atoms with van der Waals surface area (Å²) in [5.41, 5.74) is 4.60. The number of quaternary nitrogens is 1. The molecule has 0 fully saturated rings. The van der Waals surface area contributed by atoms with E-state index in [-0.39, 0.29) is 4.97 Å². The Kier molecular flexibility index (Phi) is 5.32. The van der Waals surface area contributed by atoms with Crippen molar-refractivity contribution in [2.45, 2.75) is 13.5 Å². The number of nitrogens with zero attached hydrogens (tertiary/aromatic N) is 1. The molecule has 1 rings (SSSR count). The maximum absolute atomic E-state index is 11.3. The Labute approximate surface area is 101 Å². The van der Waals surface area contributed by atoms with Crippen molar-refractivity contribution < 1.29 is 4.97 Å². The van der Waals surface area contributed by atoms with Crippen LogP contribution in [0.15, 0.2) is 35.2 Å². The molecular formula is C11H15BN2OS. The quantitative estimate of drug-likeness (QED) is 0.357. The maximum atomic E-state index is 11.3. The Morgan fingerprint density at radius 3 is 3.00 bits per heavy atom. The molecule has 0 aliphatic heterocycles. The molecule has 0 aromatic heterocycles. The normalized spacial score (nSPS) is 12.9. The van der Waals surface area contributed by atoms with E-state index in [2.05, 4.69) is 11.6 Å². The van der Waals surface area contributed by atoms with Gasteiger partial charge in [-0.15, -0.1) is 0 Å². The number of benzene rings is 1. The molecule has 1 aromatic carbocycles. The zero-order valence-corrected chi connectivity index (χ0v) is 10.4. The van der Waals surface area contributed by atoms with Gasteiger partial charge in [-0.25, -0.2) is 0 Å². The number of thioether (sulfide) groups is 1. The number of nitrogens with one attached hydrogen (secondary N) is 1. The molecule has 0 saturated carbocycles. The van der Waals surface area contributed by atoms with Crippen molar-refractivity contribution in [3.63, 3.8) is 0 Å². The Balaban J connectivity index is 2.74. The smallest absolute Gasteiger partial charge is 0.376 e. The lowest BCUT2D eigenvalue weighted by atomic mass is 10.1. The molecule has 16 heavy (non-hydrogen) atoms. The lowest BCUT2D eigenvalue weighted by molar-refractivity contribution is -0.636. The van der Waals surface area contributed by atoms with Crippen LogP contribution in [0, 0.1) is 12.1 Å². The zero-order chi connectivity index (χ0) is 12.0. The van der Waals surface area contributed by atoms with Gasteiger partial charge in [-0.3, -0.25) is 4.99 Å². The first-order valence-electron chi connectivity index (χ1n) is 5.00.